The van der Waals surface area contributed by atoms with Crippen LogP contribution in [0.15, 0.2) is 24.3 Å². The quantitative estimate of drug-likeness (QED) is 0.436. The molecule has 2 nitrogen and oxygen atoms in total. The smallest absolute Gasteiger partial charge is 0.306 e. The summed E-state index contributed by atoms with van der Waals surface area (Å²) in [5.41, 5.74) is 3.45. The largest absolute Gasteiger partial charge is 0.481 e. The second-order valence-electron chi connectivity index (χ2n) is 9.97. The van der Waals surface area contributed by atoms with Crippen LogP contribution in [0, 0.1) is 17.8 Å². The van der Waals surface area contributed by atoms with Gasteiger partial charge in [-0.3, -0.25) is 4.79 Å². The van der Waals surface area contributed by atoms with Crippen molar-refractivity contribution in [2.75, 3.05) is 0 Å². The zero-order chi connectivity index (χ0) is 20.7. The van der Waals surface area contributed by atoms with E-state index in [0.29, 0.717) is 5.41 Å². The number of hydrogen-bond acceptors (Lipinski definition) is 1. The molecule has 2 aliphatic carbocycles. The molecule has 1 N–H and O–H groups in total. The molecule has 2 heteroatoms. The fourth-order valence-electron chi connectivity index (χ4n) is 6.27. The Morgan fingerprint density at radius 3 is 2.07 bits per heavy atom. The predicted octanol–water partition coefficient (Wildman–Crippen LogP) is 7.54. The van der Waals surface area contributed by atoms with Crippen LogP contribution in [0.4, 0.5) is 0 Å². The first-order chi connectivity index (χ1) is 14.1. The van der Waals surface area contributed by atoms with Gasteiger partial charge in [-0.15, -0.1) is 0 Å². The molecule has 0 amide bonds. The molecule has 2 aliphatic rings. The first-order valence-electron chi connectivity index (χ1n) is 12.4. The highest BCUT2D eigenvalue weighted by Gasteiger charge is 2.39. The molecule has 1 aromatic rings. The first kappa shape index (κ1) is 22.4. The van der Waals surface area contributed by atoms with Crippen molar-refractivity contribution in [3.63, 3.8) is 0 Å². The van der Waals surface area contributed by atoms with Gasteiger partial charge in [0, 0.05) is 0 Å². The fraction of sp³-hybridized carbons (Fsp3) is 0.741. The average Bonchev–Trinajstić information content (AvgIpc) is 2.75. The van der Waals surface area contributed by atoms with Crippen molar-refractivity contribution in [1.82, 2.24) is 0 Å². The number of benzene rings is 1. The molecular weight excluding hydrogens is 356 g/mol. The summed E-state index contributed by atoms with van der Waals surface area (Å²) in [7, 11) is 0. The molecule has 162 valence electrons. The lowest BCUT2D eigenvalue weighted by molar-refractivity contribution is -0.143. The molecule has 0 radical (unpaired) electrons. The highest BCUT2D eigenvalue weighted by molar-refractivity contribution is 5.69. The number of aliphatic carboxylic acids is 1. The summed E-state index contributed by atoms with van der Waals surface area (Å²) in [5, 5.41) is 9.27. The van der Waals surface area contributed by atoms with Gasteiger partial charge in [-0.05, 0) is 99.0 Å². The van der Waals surface area contributed by atoms with Crippen LogP contribution in [0.2, 0.25) is 0 Å². The Kier molecular flexibility index (Phi) is 8.21. The molecule has 0 atom stereocenters. The van der Waals surface area contributed by atoms with E-state index in [2.05, 4.69) is 38.1 Å². The summed E-state index contributed by atoms with van der Waals surface area (Å²) in [6, 6.07) is 9.66. The van der Waals surface area contributed by atoms with Crippen molar-refractivity contribution in [3.05, 3.63) is 35.4 Å². The maximum atomic E-state index is 11.2. The van der Waals surface area contributed by atoms with Gasteiger partial charge in [-0.1, -0.05) is 57.4 Å². The lowest BCUT2D eigenvalue weighted by atomic mass is 9.61. The average molecular weight is 399 g/mol. The summed E-state index contributed by atoms with van der Waals surface area (Å²) in [4.78, 5) is 11.2. The lowest BCUT2D eigenvalue weighted by Crippen LogP contribution is -2.35. The van der Waals surface area contributed by atoms with Gasteiger partial charge < -0.3 is 5.11 Å². The van der Waals surface area contributed by atoms with Gasteiger partial charge in [0.05, 0.1) is 5.92 Å². The molecule has 0 saturated heterocycles. The molecule has 2 saturated carbocycles. The molecule has 0 aliphatic heterocycles. The summed E-state index contributed by atoms with van der Waals surface area (Å²) < 4.78 is 0. The lowest BCUT2D eigenvalue weighted by Gasteiger charge is -2.44. The van der Waals surface area contributed by atoms with E-state index in [0.717, 1.165) is 37.5 Å². The van der Waals surface area contributed by atoms with E-state index in [-0.39, 0.29) is 5.92 Å². The van der Waals surface area contributed by atoms with E-state index in [1.54, 1.807) is 5.56 Å². The van der Waals surface area contributed by atoms with Crippen LogP contribution in [-0.4, -0.2) is 11.1 Å². The highest BCUT2D eigenvalue weighted by Crippen LogP contribution is 2.49. The van der Waals surface area contributed by atoms with Crippen LogP contribution < -0.4 is 0 Å². The van der Waals surface area contributed by atoms with Gasteiger partial charge >= 0.3 is 5.97 Å². The topological polar surface area (TPSA) is 37.3 Å². The van der Waals surface area contributed by atoms with Crippen LogP contribution in [-0.2, 0) is 16.6 Å². The van der Waals surface area contributed by atoms with Crippen LogP contribution >= 0.6 is 0 Å². The van der Waals surface area contributed by atoms with Crippen molar-refractivity contribution in [2.24, 2.45) is 17.8 Å². The van der Waals surface area contributed by atoms with E-state index in [9.17, 15) is 9.90 Å². The number of rotatable bonds is 9. The number of unbranched alkanes of at least 4 members (excludes halogenated alkanes) is 2. The molecule has 0 spiro atoms. The van der Waals surface area contributed by atoms with E-state index < -0.39 is 5.97 Å². The van der Waals surface area contributed by atoms with E-state index in [1.165, 1.54) is 69.8 Å². The van der Waals surface area contributed by atoms with Crippen LogP contribution in [0.1, 0.15) is 108 Å². The van der Waals surface area contributed by atoms with Crippen LogP contribution in [0.5, 0.6) is 0 Å². The van der Waals surface area contributed by atoms with Gasteiger partial charge in [-0.25, -0.2) is 0 Å². The predicted molar refractivity (Wildman–Crippen MR) is 121 cm³/mol. The molecular formula is C27H42O2. The van der Waals surface area contributed by atoms with Crippen molar-refractivity contribution < 1.29 is 9.90 Å². The molecule has 3 rings (SSSR count). The summed E-state index contributed by atoms with van der Waals surface area (Å²) in [6.45, 7) is 4.60. The highest BCUT2D eigenvalue weighted by atomic mass is 16.4. The van der Waals surface area contributed by atoms with E-state index >= 15 is 0 Å². The monoisotopic (exact) mass is 398 g/mol. The molecule has 0 bridgehead atoms. The SMILES string of the molecule is CCCCCc1ccc([C@]2(CCC)CC[C@H]([C@H]3CC[C@H](C(=O)O)CC3)CC2)cc1. The minimum Gasteiger partial charge on any atom is -0.481 e. The van der Waals surface area contributed by atoms with Crippen LogP contribution in [0.25, 0.3) is 0 Å². The molecule has 1 aromatic carbocycles. The maximum Gasteiger partial charge on any atom is 0.306 e. The Morgan fingerprint density at radius 2 is 1.52 bits per heavy atom. The molecule has 0 aromatic heterocycles. The third-order valence-corrected chi connectivity index (χ3v) is 8.14. The normalized spacial score (nSPS) is 30.2. The fourth-order valence-corrected chi connectivity index (χ4v) is 6.27. The Morgan fingerprint density at radius 1 is 0.897 bits per heavy atom. The number of aryl methyl sites for hydroxylation is 1. The second kappa shape index (κ2) is 10.6. The molecule has 0 heterocycles. The third kappa shape index (κ3) is 5.64. The Bertz CT molecular complexity index is 616. The number of carboxylic acid groups (broad SMARTS) is 1. The standard InChI is InChI=1S/C27H42O2/c1-3-5-6-7-21-8-14-25(15-9-21)27(18-4-2)19-16-23(17-20-27)22-10-12-24(13-11-22)26(28)29/h8-9,14-15,22-24H,3-7,10-13,16-20H2,1-2H3,(H,28,29)/t22-,23-,24-,27+. The number of carbonyl (C=O) groups is 1. The van der Waals surface area contributed by atoms with Crippen molar-refractivity contribution >= 4 is 5.97 Å². The van der Waals surface area contributed by atoms with E-state index in [4.69, 9.17) is 0 Å². The number of hydrogen-bond donors (Lipinski definition) is 1. The minimum absolute atomic E-state index is 0.0788. The third-order valence-electron chi connectivity index (χ3n) is 8.14. The van der Waals surface area contributed by atoms with Gasteiger partial charge in [-0.2, -0.15) is 0 Å². The molecule has 0 unspecified atom stereocenters. The van der Waals surface area contributed by atoms with Crippen molar-refractivity contribution in [2.45, 2.75) is 109 Å². The van der Waals surface area contributed by atoms with Gasteiger partial charge in [0.2, 0.25) is 0 Å². The Hall–Kier alpha value is -1.31. The van der Waals surface area contributed by atoms with Crippen molar-refractivity contribution in [3.8, 4) is 0 Å². The molecule has 29 heavy (non-hydrogen) atoms. The second-order valence-corrected chi connectivity index (χ2v) is 9.97. The van der Waals surface area contributed by atoms with Crippen molar-refractivity contribution in [1.29, 1.82) is 0 Å². The number of carboxylic acids is 1. The maximum absolute atomic E-state index is 11.2. The zero-order valence-electron chi connectivity index (χ0n) is 18.8. The Labute approximate surface area is 178 Å². The van der Waals surface area contributed by atoms with Gasteiger partial charge in [0.25, 0.3) is 0 Å². The van der Waals surface area contributed by atoms with Gasteiger partial charge in [0.1, 0.15) is 0 Å². The summed E-state index contributed by atoms with van der Waals surface area (Å²) in [6.07, 6.45) is 17.1. The van der Waals surface area contributed by atoms with E-state index in [1.807, 2.05) is 0 Å². The summed E-state index contributed by atoms with van der Waals surface area (Å²) >= 11 is 0. The summed E-state index contributed by atoms with van der Waals surface area (Å²) in [5.74, 6) is 0.936. The Balaban J connectivity index is 1.59. The van der Waals surface area contributed by atoms with Gasteiger partial charge in [0.15, 0.2) is 0 Å². The zero-order valence-corrected chi connectivity index (χ0v) is 18.8. The first-order valence-corrected chi connectivity index (χ1v) is 12.4. The molecule has 2 fully saturated rings. The minimum atomic E-state index is -0.577. The van der Waals surface area contributed by atoms with Crippen LogP contribution in [0.3, 0.4) is 0 Å².